The highest BCUT2D eigenvalue weighted by molar-refractivity contribution is 7.91. The number of hydrogen-bond donors (Lipinski definition) is 1. The van der Waals surface area contributed by atoms with Crippen LogP contribution in [0.2, 0.25) is 0 Å². The van der Waals surface area contributed by atoms with Crippen molar-refractivity contribution in [3.8, 4) is 0 Å². The highest BCUT2D eigenvalue weighted by Gasteiger charge is 2.34. The average molecular weight is 395 g/mol. The summed E-state index contributed by atoms with van der Waals surface area (Å²) in [6.45, 7) is 2.18. The number of nitrogens with one attached hydrogen (secondary N) is 1. The fourth-order valence-corrected chi connectivity index (χ4v) is 4.84. The number of pyridine rings is 1. The molecular formula is C18H19F2N3O3S. The molecular weight excluding hydrogens is 376 g/mol. The van der Waals surface area contributed by atoms with Gasteiger partial charge in [0.1, 0.15) is 5.82 Å². The van der Waals surface area contributed by atoms with Crippen molar-refractivity contribution in [2.24, 2.45) is 0 Å². The van der Waals surface area contributed by atoms with Crippen LogP contribution in [0.3, 0.4) is 0 Å². The summed E-state index contributed by atoms with van der Waals surface area (Å²) in [4.78, 5) is 18.5. The van der Waals surface area contributed by atoms with E-state index in [4.69, 9.17) is 0 Å². The molecule has 1 saturated heterocycles. The molecule has 2 heterocycles. The largest absolute Gasteiger partial charge is 0.340 e. The Bertz CT molecular complexity index is 966. The standard InChI is InChI=1S/C18H19F2N3O3S/c1-2-23(14-6-8-27(25,26)11-14)18(24)12-5-7-21-17(9-12)22-13-3-4-15(19)16(20)10-13/h3-5,7,9-10,14H,2,6,8,11H2,1H3,(H,21,22). The molecule has 6 nitrogen and oxygen atoms in total. The Morgan fingerprint density at radius 1 is 1.26 bits per heavy atom. The van der Waals surface area contributed by atoms with Crippen LogP contribution in [0.25, 0.3) is 0 Å². The molecule has 1 aromatic carbocycles. The molecule has 0 aliphatic carbocycles. The molecule has 1 aliphatic rings. The Hall–Kier alpha value is -2.55. The Morgan fingerprint density at radius 3 is 2.67 bits per heavy atom. The van der Waals surface area contributed by atoms with Gasteiger partial charge in [0.15, 0.2) is 21.5 Å². The third-order valence-corrected chi connectivity index (χ3v) is 6.20. The quantitative estimate of drug-likeness (QED) is 0.842. The van der Waals surface area contributed by atoms with Crippen molar-refractivity contribution in [3.05, 3.63) is 53.7 Å². The maximum Gasteiger partial charge on any atom is 0.254 e. The van der Waals surface area contributed by atoms with E-state index in [0.29, 0.717) is 30.0 Å². The molecule has 1 N–H and O–H groups in total. The first-order valence-corrected chi connectivity index (χ1v) is 10.3. The van der Waals surface area contributed by atoms with Gasteiger partial charge >= 0.3 is 0 Å². The lowest BCUT2D eigenvalue weighted by atomic mass is 10.1. The second-order valence-electron chi connectivity index (χ2n) is 6.33. The second-order valence-corrected chi connectivity index (χ2v) is 8.56. The van der Waals surface area contributed by atoms with Crippen LogP contribution >= 0.6 is 0 Å². The lowest BCUT2D eigenvalue weighted by Gasteiger charge is -2.27. The topological polar surface area (TPSA) is 79.4 Å². The molecule has 1 unspecified atom stereocenters. The zero-order chi connectivity index (χ0) is 19.6. The number of halogens is 2. The summed E-state index contributed by atoms with van der Waals surface area (Å²) in [5.74, 6) is -1.90. The van der Waals surface area contributed by atoms with Crippen molar-refractivity contribution < 1.29 is 22.0 Å². The Morgan fingerprint density at radius 2 is 2.04 bits per heavy atom. The van der Waals surface area contributed by atoms with Crippen molar-refractivity contribution in [2.75, 3.05) is 23.4 Å². The first-order chi connectivity index (χ1) is 12.8. The van der Waals surface area contributed by atoms with Gasteiger partial charge in [-0.3, -0.25) is 4.79 Å². The van der Waals surface area contributed by atoms with E-state index in [9.17, 15) is 22.0 Å². The van der Waals surface area contributed by atoms with Gasteiger partial charge in [-0.15, -0.1) is 0 Å². The molecule has 1 aliphatic heterocycles. The van der Waals surface area contributed by atoms with Gasteiger partial charge in [-0.25, -0.2) is 22.2 Å². The molecule has 1 amide bonds. The number of benzene rings is 1. The maximum absolute atomic E-state index is 13.3. The molecule has 0 radical (unpaired) electrons. The van der Waals surface area contributed by atoms with E-state index in [-0.39, 0.29) is 23.5 Å². The number of hydrogen-bond acceptors (Lipinski definition) is 5. The molecule has 9 heteroatoms. The van der Waals surface area contributed by atoms with Crippen molar-refractivity contribution in [2.45, 2.75) is 19.4 Å². The minimum Gasteiger partial charge on any atom is -0.340 e. The van der Waals surface area contributed by atoms with Crippen molar-refractivity contribution in [3.63, 3.8) is 0 Å². The molecule has 3 rings (SSSR count). The van der Waals surface area contributed by atoms with E-state index in [1.165, 1.54) is 24.4 Å². The van der Waals surface area contributed by atoms with Crippen LogP contribution in [-0.2, 0) is 9.84 Å². The first-order valence-electron chi connectivity index (χ1n) is 8.48. The SMILES string of the molecule is CCN(C(=O)c1ccnc(Nc2ccc(F)c(F)c2)c1)C1CCS(=O)(=O)C1. The normalized spacial score (nSPS) is 18.3. The van der Waals surface area contributed by atoms with Crippen molar-refractivity contribution in [1.82, 2.24) is 9.88 Å². The third-order valence-electron chi connectivity index (χ3n) is 4.45. The molecule has 1 fully saturated rings. The summed E-state index contributed by atoms with van der Waals surface area (Å²) >= 11 is 0. The van der Waals surface area contributed by atoms with Crippen LogP contribution in [0.4, 0.5) is 20.3 Å². The lowest BCUT2D eigenvalue weighted by molar-refractivity contribution is 0.0708. The smallest absolute Gasteiger partial charge is 0.254 e. The van der Waals surface area contributed by atoms with E-state index >= 15 is 0 Å². The van der Waals surface area contributed by atoms with E-state index < -0.39 is 21.5 Å². The highest BCUT2D eigenvalue weighted by Crippen LogP contribution is 2.22. The number of anilines is 2. The number of carbonyl (C=O) groups excluding carboxylic acids is 1. The number of aromatic nitrogens is 1. The van der Waals surface area contributed by atoms with E-state index in [1.54, 1.807) is 11.8 Å². The fourth-order valence-electron chi connectivity index (χ4n) is 3.11. The number of rotatable bonds is 5. The zero-order valence-corrected chi connectivity index (χ0v) is 15.5. The van der Waals surface area contributed by atoms with Crippen LogP contribution < -0.4 is 5.32 Å². The molecule has 0 saturated carbocycles. The molecule has 1 aromatic heterocycles. The van der Waals surface area contributed by atoms with Gasteiger partial charge in [0.25, 0.3) is 5.91 Å². The first kappa shape index (κ1) is 19.2. The predicted octanol–water partition coefficient (Wildman–Crippen LogP) is 2.75. The number of sulfone groups is 1. The minimum atomic E-state index is -3.11. The number of amides is 1. The van der Waals surface area contributed by atoms with Crippen molar-refractivity contribution in [1.29, 1.82) is 0 Å². The summed E-state index contributed by atoms with van der Waals surface area (Å²) in [5.41, 5.74) is 0.626. The third kappa shape index (κ3) is 4.41. The van der Waals surface area contributed by atoms with Crippen LogP contribution in [0, 0.1) is 11.6 Å². The van der Waals surface area contributed by atoms with Gasteiger partial charge in [0.2, 0.25) is 0 Å². The maximum atomic E-state index is 13.3. The summed E-state index contributed by atoms with van der Waals surface area (Å²) in [7, 11) is -3.11. The van der Waals surface area contributed by atoms with Gasteiger partial charge in [-0.2, -0.15) is 0 Å². The summed E-state index contributed by atoms with van der Waals surface area (Å²) in [6.07, 6.45) is 1.85. The molecule has 27 heavy (non-hydrogen) atoms. The zero-order valence-electron chi connectivity index (χ0n) is 14.7. The highest BCUT2D eigenvalue weighted by atomic mass is 32.2. The van der Waals surface area contributed by atoms with E-state index in [1.807, 2.05) is 0 Å². The minimum absolute atomic E-state index is 0.0301. The van der Waals surface area contributed by atoms with Crippen LogP contribution in [0.5, 0.6) is 0 Å². The second kappa shape index (κ2) is 7.59. The van der Waals surface area contributed by atoms with E-state index in [0.717, 1.165) is 12.1 Å². The van der Waals surface area contributed by atoms with Gasteiger partial charge < -0.3 is 10.2 Å². The van der Waals surface area contributed by atoms with Gasteiger partial charge in [0.05, 0.1) is 11.5 Å². The average Bonchev–Trinajstić information content (AvgIpc) is 2.98. The van der Waals surface area contributed by atoms with Gasteiger partial charge in [-0.1, -0.05) is 0 Å². The summed E-state index contributed by atoms with van der Waals surface area (Å²) < 4.78 is 49.8. The summed E-state index contributed by atoms with van der Waals surface area (Å²) in [6, 6.07) is 6.03. The number of carbonyl (C=O) groups is 1. The fraction of sp³-hybridized carbons (Fsp3) is 0.333. The number of nitrogens with zero attached hydrogens (tertiary/aromatic N) is 2. The monoisotopic (exact) mass is 395 g/mol. The molecule has 144 valence electrons. The van der Waals surface area contributed by atoms with Crippen LogP contribution in [0.15, 0.2) is 36.5 Å². The predicted molar refractivity (Wildman–Crippen MR) is 97.6 cm³/mol. The Kier molecular flexibility index (Phi) is 5.41. The molecule has 0 spiro atoms. The van der Waals surface area contributed by atoms with Crippen LogP contribution in [-0.4, -0.2) is 48.3 Å². The summed E-state index contributed by atoms with van der Waals surface area (Å²) in [5, 5.41) is 2.82. The molecule has 0 bridgehead atoms. The molecule has 2 aromatic rings. The Balaban J connectivity index is 1.79. The van der Waals surface area contributed by atoms with Crippen LogP contribution in [0.1, 0.15) is 23.7 Å². The molecule has 1 atom stereocenters. The lowest BCUT2D eigenvalue weighted by Crippen LogP contribution is -2.41. The van der Waals surface area contributed by atoms with Gasteiger partial charge in [0, 0.05) is 36.1 Å². The van der Waals surface area contributed by atoms with E-state index in [2.05, 4.69) is 10.3 Å². The van der Waals surface area contributed by atoms with Crippen molar-refractivity contribution >= 4 is 27.2 Å². The van der Waals surface area contributed by atoms with Gasteiger partial charge in [-0.05, 0) is 37.6 Å². The Labute approximate surface area is 156 Å².